The number of hydrogen-bond donors (Lipinski definition) is 0. The van der Waals surface area contributed by atoms with Crippen LogP contribution in [-0.2, 0) is 9.59 Å². The monoisotopic (exact) mass is 458 g/mol. The van der Waals surface area contributed by atoms with Crippen molar-refractivity contribution in [2.75, 3.05) is 52.4 Å². The molecule has 32 heavy (non-hydrogen) atoms. The van der Waals surface area contributed by atoms with Crippen LogP contribution < -0.4 is 10.2 Å². The molecular formula is C26H54N2O4. The third-order valence-electron chi connectivity index (χ3n) is 5.88. The average Bonchev–Trinajstić information content (AvgIpc) is 2.74. The number of quaternary nitrogens is 2. The quantitative estimate of drug-likeness (QED) is 0.263. The largest absolute Gasteiger partial charge is 0.545 e. The van der Waals surface area contributed by atoms with Gasteiger partial charge in [0.1, 0.15) is 0 Å². The van der Waals surface area contributed by atoms with Gasteiger partial charge in [-0.1, -0.05) is 41.5 Å². The lowest BCUT2D eigenvalue weighted by molar-refractivity contribution is -0.926. The van der Waals surface area contributed by atoms with Crippen LogP contribution in [0.5, 0.6) is 0 Å². The molecule has 0 atom stereocenters. The molecule has 6 heteroatoms. The summed E-state index contributed by atoms with van der Waals surface area (Å²) in [5, 5.41) is 18.8. The maximum Gasteiger partial charge on any atom is 0.0783 e. The molecule has 0 aliphatic carbocycles. The fraction of sp³-hybridized carbons (Fsp3) is 0.846. The highest BCUT2D eigenvalue weighted by atomic mass is 16.4. The fourth-order valence-electron chi connectivity index (χ4n) is 4.60. The Morgan fingerprint density at radius 2 is 0.688 bits per heavy atom. The van der Waals surface area contributed by atoms with E-state index < -0.39 is 11.9 Å². The summed E-state index contributed by atoms with van der Waals surface area (Å²) < 4.78 is 2.70. The van der Waals surface area contributed by atoms with Gasteiger partial charge in [-0.05, 0) is 64.5 Å². The lowest BCUT2D eigenvalue weighted by Gasteiger charge is -2.37. The normalized spacial score (nSPS) is 11.4. The molecule has 0 saturated heterocycles. The second kappa shape index (κ2) is 22.8. The Hall–Kier alpha value is -1.40. The zero-order valence-electron chi connectivity index (χ0n) is 22.6. The number of carboxylic acids is 2. The lowest BCUT2D eigenvalue weighted by atomic mass is 10.2. The van der Waals surface area contributed by atoms with Crippen LogP contribution in [0, 0.1) is 0 Å². The third-order valence-corrected chi connectivity index (χ3v) is 5.88. The summed E-state index contributed by atoms with van der Waals surface area (Å²) in [6.07, 6.45) is 8.73. The summed E-state index contributed by atoms with van der Waals surface area (Å²) in [6, 6.07) is 0. The van der Waals surface area contributed by atoms with Gasteiger partial charge in [0.15, 0.2) is 0 Å². The number of carboxylic acid groups (broad SMARTS) is 2. The summed E-state index contributed by atoms with van der Waals surface area (Å²) in [6.45, 7) is 29.3. The number of carbonyl (C=O) groups excluding carboxylic acids is 2. The van der Waals surface area contributed by atoms with Crippen LogP contribution in [0.1, 0.15) is 93.9 Å². The molecule has 0 bridgehead atoms. The number of rotatable bonds is 16. The van der Waals surface area contributed by atoms with E-state index in [1.807, 2.05) is 0 Å². The molecule has 0 amide bonds. The van der Waals surface area contributed by atoms with Crippen molar-refractivity contribution in [2.24, 2.45) is 0 Å². The van der Waals surface area contributed by atoms with Crippen molar-refractivity contribution in [3.8, 4) is 0 Å². The van der Waals surface area contributed by atoms with Gasteiger partial charge in [-0.3, -0.25) is 0 Å². The van der Waals surface area contributed by atoms with E-state index in [0.29, 0.717) is 12.2 Å². The fourth-order valence-corrected chi connectivity index (χ4v) is 4.60. The van der Waals surface area contributed by atoms with Crippen LogP contribution in [0.3, 0.4) is 0 Å². The molecule has 0 aromatic rings. The smallest absolute Gasteiger partial charge is 0.0783 e. The van der Waals surface area contributed by atoms with Crippen molar-refractivity contribution in [1.29, 1.82) is 0 Å². The minimum absolute atomic E-state index is 0.384. The van der Waals surface area contributed by atoms with E-state index in [0.717, 1.165) is 0 Å². The standard InChI is InChI=1S/2C11H26N.C4H4O4/c2*1-5-9-12(8-4,10-6-2)11-7-3;5-3(6)1-2-4(7)8/h2*5-11H2,1-4H3;1-2H,(H,5,6)(H,7,8)/q2*+1;/p-2/b;;2-1+. The molecule has 0 unspecified atom stereocenters. The number of hydrogen-bond acceptors (Lipinski definition) is 4. The lowest BCUT2D eigenvalue weighted by Crippen LogP contribution is -2.49. The first kappa shape index (κ1) is 35.2. The molecule has 0 radical (unpaired) electrons. The van der Waals surface area contributed by atoms with E-state index in [2.05, 4.69) is 55.4 Å². The Morgan fingerprint density at radius 1 is 0.500 bits per heavy atom. The van der Waals surface area contributed by atoms with Gasteiger partial charge in [0, 0.05) is 0 Å². The van der Waals surface area contributed by atoms with Crippen LogP contribution >= 0.6 is 0 Å². The van der Waals surface area contributed by atoms with Crippen LogP contribution in [0.4, 0.5) is 0 Å². The Kier molecular flexibility index (Phi) is 25.1. The SMILES string of the molecule is CCC[N+](CC)(CCC)CCC.CCC[N+](CC)(CCC)CCC.O=C([O-])/C=C/C(=O)[O-]. The Balaban J connectivity index is -0.000000404. The molecule has 0 aromatic heterocycles. The second-order valence-electron chi connectivity index (χ2n) is 8.63. The zero-order chi connectivity index (χ0) is 25.5. The van der Waals surface area contributed by atoms with E-state index >= 15 is 0 Å². The molecule has 0 heterocycles. The van der Waals surface area contributed by atoms with Gasteiger partial charge >= 0.3 is 0 Å². The van der Waals surface area contributed by atoms with Gasteiger partial charge in [0.2, 0.25) is 0 Å². The molecule has 0 aliphatic heterocycles. The number of aliphatic carboxylic acids is 2. The zero-order valence-corrected chi connectivity index (χ0v) is 22.6. The van der Waals surface area contributed by atoms with E-state index in [1.54, 1.807) is 0 Å². The van der Waals surface area contributed by atoms with Gasteiger partial charge in [-0.15, -0.1) is 0 Å². The van der Waals surface area contributed by atoms with E-state index in [-0.39, 0.29) is 0 Å². The van der Waals surface area contributed by atoms with Crippen molar-refractivity contribution >= 4 is 11.9 Å². The highest BCUT2D eigenvalue weighted by Crippen LogP contribution is 2.11. The molecule has 0 N–H and O–H groups in total. The molecule has 0 aromatic carbocycles. The van der Waals surface area contributed by atoms with Crippen LogP contribution in [-0.4, -0.2) is 73.3 Å². The first-order chi connectivity index (χ1) is 15.1. The predicted molar refractivity (Wildman–Crippen MR) is 132 cm³/mol. The average molecular weight is 459 g/mol. The minimum atomic E-state index is -1.55. The van der Waals surface area contributed by atoms with Crippen LogP contribution in [0.15, 0.2) is 12.2 Å². The van der Waals surface area contributed by atoms with Crippen LogP contribution in [0.25, 0.3) is 0 Å². The highest BCUT2D eigenvalue weighted by molar-refractivity contribution is 5.87. The summed E-state index contributed by atoms with van der Waals surface area (Å²) in [5.74, 6) is -3.09. The summed E-state index contributed by atoms with van der Waals surface area (Å²) in [5.41, 5.74) is 0. The first-order valence-electron chi connectivity index (χ1n) is 12.9. The summed E-state index contributed by atoms with van der Waals surface area (Å²) in [4.78, 5) is 18.8. The molecule has 0 fully saturated rings. The van der Waals surface area contributed by atoms with Gasteiger partial charge < -0.3 is 28.8 Å². The van der Waals surface area contributed by atoms with E-state index in [9.17, 15) is 19.8 Å². The molecular weight excluding hydrogens is 404 g/mol. The molecule has 0 rings (SSSR count). The first-order valence-corrected chi connectivity index (χ1v) is 12.9. The van der Waals surface area contributed by atoms with Gasteiger partial charge in [0.25, 0.3) is 0 Å². The molecule has 192 valence electrons. The predicted octanol–water partition coefficient (Wildman–Crippen LogP) is 3.15. The maximum absolute atomic E-state index is 9.41. The van der Waals surface area contributed by atoms with Crippen LogP contribution in [0.2, 0.25) is 0 Å². The molecule has 0 saturated carbocycles. The minimum Gasteiger partial charge on any atom is -0.545 e. The van der Waals surface area contributed by atoms with Gasteiger partial charge in [-0.25, -0.2) is 0 Å². The Bertz CT molecular complexity index is 402. The molecule has 0 spiro atoms. The van der Waals surface area contributed by atoms with E-state index in [4.69, 9.17) is 0 Å². The maximum atomic E-state index is 9.41. The third kappa shape index (κ3) is 19.3. The van der Waals surface area contributed by atoms with Gasteiger partial charge in [-0.2, -0.15) is 0 Å². The van der Waals surface area contributed by atoms with E-state index in [1.165, 1.54) is 99.8 Å². The Labute approximate surface area is 199 Å². The second-order valence-corrected chi connectivity index (χ2v) is 8.63. The van der Waals surface area contributed by atoms with Crippen molar-refractivity contribution in [3.05, 3.63) is 12.2 Å². The molecule has 6 nitrogen and oxygen atoms in total. The topological polar surface area (TPSA) is 80.3 Å². The van der Waals surface area contributed by atoms with Crippen molar-refractivity contribution in [1.82, 2.24) is 0 Å². The van der Waals surface area contributed by atoms with Crippen molar-refractivity contribution in [3.63, 3.8) is 0 Å². The van der Waals surface area contributed by atoms with Crippen molar-refractivity contribution < 1.29 is 28.8 Å². The number of nitrogens with zero attached hydrogens (tertiary/aromatic N) is 2. The van der Waals surface area contributed by atoms with Crippen molar-refractivity contribution in [2.45, 2.75) is 93.9 Å². The molecule has 0 aliphatic rings. The Morgan fingerprint density at radius 3 is 0.781 bits per heavy atom. The number of carbonyl (C=O) groups is 2. The van der Waals surface area contributed by atoms with Gasteiger partial charge in [0.05, 0.1) is 64.3 Å². The summed E-state index contributed by atoms with van der Waals surface area (Å²) >= 11 is 0. The highest BCUT2D eigenvalue weighted by Gasteiger charge is 2.22. The summed E-state index contributed by atoms with van der Waals surface area (Å²) in [7, 11) is 0.